The van der Waals surface area contributed by atoms with Crippen LogP contribution in [-0.2, 0) is 4.79 Å². The molecule has 0 aliphatic rings. The summed E-state index contributed by atoms with van der Waals surface area (Å²) in [5.74, 6) is -1.01. The lowest BCUT2D eigenvalue weighted by molar-refractivity contribution is -0.131. The van der Waals surface area contributed by atoms with Crippen LogP contribution in [0.1, 0.15) is 6.92 Å². The van der Waals surface area contributed by atoms with Gasteiger partial charge in [-0.25, -0.2) is 4.79 Å². The zero-order chi connectivity index (χ0) is 7.44. The van der Waals surface area contributed by atoms with Crippen molar-refractivity contribution in [2.75, 3.05) is 7.05 Å². The van der Waals surface area contributed by atoms with Gasteiger partial charge in [-0.15, -0.1) is 12.6 Å². The van der Waals surface area contributed by atoms with E-state index in [0.29, 0.717) is 5.70 Å². The van der Waals surface area contributed by atoms with Gasteiger partial charge >= 0.3 is 5.97 Å². The molecule has 0 aliphatic carbocycles. The minimum Gasteiger partial charge on any atom is -0.477 e. The number of carbonyl (C=O) groups is 1. The highest BCUT2D eigenvalue weighted by Gasteiger charge is 2.03. The molecule has 0 aromatic carbocycles. The Labute approximate surface area is 59.2 Å². The predicted octanol–water partition coefficient (Wildman–Crippen LogP) is 0.452. The van der Waals surface area contributed by atoms with Crippen LogP contribution in [0, 0.1) is 0 Å². The van der Waals surface area contributed by atoms with Gasteiger partial charge in [0.15, 0.2) is 0 Å². The third kappa shape index (κ3) is 2.41. The normalized spacial score (nSPS) is 12.3. The second-order valence-corrected chi connectivity index (χ2v) is 1.98. The summed E-state index contributed by atoms with van der Waals surface area (Å²) in [7, 11) is 1.65. The number of thiol groups is 1. The summed E-state index contributed by atoms with van der Waals surface area (Å²) in [5.41, 5.74) is 0.561. The lowest BCUT2D eigenvalue weighted by Gasteiger charge is -1.99. The lowest BCUT2D eigenvalue weighted by atomic mass is 10.4. The third-order valence-corrected chi connectivity index (χ3v) is 1.46. The zero-order valence-electron chi connectivity index (χ0n) is 5.30. The minimum absolute atomic E-state index is 0.0532. The predicted molar refractivity (Wildman–Crippen MR) is 38.4 cm³/mol. The molecule has 0 saturated carbocycles. The van der Waals surface area contributed by atoms with Crippen molar-refractivity contribution >= 4 is 18.6 Å². The summed E-state index contributed by atoms with van der Waals surface area (Å²) in [5, 5.41) is 11.0. The zero-order valence-corrected chi connectivity index (χ0v) is 6.20. The first-order valence-electron chi connectivity index (χ1n) is 2.40. The summed E-state index contributed by atoms with van der Waals surface area (Å²) >= 11 is 3.72. The summed E-state index contributed by atoms with van der Waals surface area (Å²) in [4.78, 5) is 10.2. The molecule has 0 bridgehead atoms. The van der Waals surface area contributed by atoms with Crippen molar-refractivity contribution in [2.24, 2.45) is 0 Å². The molecule has 0 saturated heterocycles. The molecule has 0 radical (unpaired) electrons. The summed E-state index contributed by atoms with van der Waals surface area (Å²) in [6.07, 6.45) is 0. The topological polar surface area (TPSA) is 49.3 Å². The van der Waals surface area contributed by atoms with E-state index in [1.807, 2.05) is 0 Å². The Balaban J connectivity index is 4.28. The van der Waals surface area contributed by atoms with Crippen LogP contribution in [0.15, 0.2) is 10.6 Å². The van der Waals surface area contributed by atoms with Gasteiger partial charge in [-0.2, -0.15) is 0 Å². The quantitative estimate of drug-likeness (QED) is 0.392. The maximum Gasteiger partial charge on any atom is 0.343 e. The van der Waals surface area contributed by atoms with Crippen LogP contribution in [0.25, 0.3) is 0 Å². The molecule has 2 N–H and O–H groups in total. The minimum atomic E-state index is -1.01. The van der Waals surface area contributed by atoms with E-state index in [0.717, 1.165) is 0 Å². The SMILES string of the molecule is CN/C(C)=C(\S)C(=O)O. The first kappa shape index (κ1) is 8.36. The highest BCUT2D eigenvalue weighted by atomic mass is 32.1. The van der Waals surface area contributed by atoms with Crippen LogP contribution in [-0.4, -0.2) is 18.1 Å². The Bertz CT molecular complexity index is 153. The molecule has 4 heteroatoms. The number of allylic oxidation sites excluding steroid dienone is 1. The van der Waals surface area contributed by atoms with E-state index in [-0.39, 0.29) is 4.91 Å². The van der Waals surface area contributed by atoms with E-state index >= 15 is 0 Å². The highest BCUT2D eigenvalue weighted by molar-refractivity contribution is 7.85. The average Bonchev–Trinajstić information content (AvgIpc) is 1.84. The van der Waals surface area contributed by atoms with Gasteiger partial charge in [0.25, 0.3) is 0 Å². The van der Waals surface area contributed by atoms with Crippen molar-refractivity contribution in [1.82, 2.24) is 5.32 Å². The Hall–Kier alpha value is -0.640. The number of nitrogens with one attached hydrogen (secondary N) is 1. The number of carboxylic acid groups (broad SMARTS) is 1. The van der Waals surface area contributed by atoms with Gasteiger partial charge in [-0.3, -0.25) is 0 Å². The van der Waals surface area contributed by atoms with E-state index in [4.69, 9.17) is 5.11 Å². The van der Waals surface area contributed by atoms with E-state index in [9.17, 15) is 4.79 Å². The Kier molecular flexibility index (Phi) is 3.16. The number of aliphatic carboxylic acids is 1. The molecule has 0 spiro atoms. The smallest absolute Gasteiger partial charge is 0.343 e. The molecular weight excluding hydrogens is 138 g/mol. The van der Waals surface area contributed by atoms with Gasteiger partial charge in [0.2, 0.25) is 0 Å². The Morgan fingerprint density at radius 1 is 1.67 bits per heavy atom. The molecular formula is C5H9NO2S. The molecule has 3 nitrogen and oxygen atoms in total. The second kappa shape index (κ2) is 3.40. The van der Waals surface area contributed by atoms with Crippen LogP contribution in [0.4, 0.5) is 0 Å². The third-order valence-electron chi connectivity index (χ3n) is 0.933. The molecule has 0 fully saturated rings. The molecule has 0 aliphatic heterocycles. The van der Waals surface area contributed by atoms with E-state index in [1.165, 1.54) is 0 Å². The van der Waals surface area contributed by atoms with Crippen molar-refractivity contribution < 1.29 is 9.90 Å². The fourth-order valence-electron chi connectivity index (χ4n) is 0.279. The van der Waals surface area contributed by atoms with Gasteiger partial charge in [-0.1, -0.05) is 0 Å². The van der Waals surface area contributed by atoms with Gasteiger partial charge in [0.05, 0.1) is 0 Å². The molecule has 0 aromatic heterocycles. The first-order valence-corrected chi connectivity index (χ1v) is 2.85. The summed E-state index contributed by atoms with van der Waals surface area (Å²) in [6, 6.07) is 0. The van der Waals surface area contributed by atoms with Crippen LogP contribution in [0.3, 0.4) is 0 Å². The Morgan fingerprint density at radius 2 is 2.11 bits per heavy atom. The summed E-state index contributed by atoms with van der Waals surface area (Å²) in [6.45, 7) is 1.65. The number of rotatable bonds is 2. The fraction of sp³-hybridized carbons (Fsp3) is 0.400. The average molecular weight is 147 g/mol. The number of hydrogen-bond acceptors (Lipinski definition) is 3. The molecule has 0 aromatic rings. The molecule has 0 atom stereocenters. The van der Waals surface area contributed by atoms with Gasteiger partial charge in [0, 0.05) is 12.7 Å². The molecule has 0 amide bonds. The van der Waals surface area contributed by atoms with E-state index < -0.39 is 5.97 Å². The maximum atomic E-state index is 10.1. The van der Waals surface area contributed by atoms with Crippen LogP contribution < -0.4 is 5.32 Å². The number of hydrogen-bond donors (Lipinski definition) is 3. The molecule has 0 unspecified atom stereocenters. The Morgan fingerprint density at radius 3 is 2.22 bits per heavy atom. The largest absolute Gasteiger partial charge is 0.477 e. The molecule has 0 heterocycles. The lowest BCUT2D eigenvalue weighted by Crippen LogP contribution is -2.08. The molecule has 52 valence electrons. The summed E-state index contributed by atoms with van der Waals surface area (Å²) < 4.78 is 0. The monoisotopic (exact) mass is 147 g/mol. The van der Waals surface area contributed by atoms with E-state index in [1.54, 1.807) is 14.0 Å². The van der Waals surface area contributed by atoms with Crippen LogP contribution >= 0.6 is 12.6 Å². The van der Waals surface area contributed by atoms with Crippen molar-refractivity contribution in [1.29, 1.82) is 0 Å². The van der Waals surface area contributed by atoms with Crippen molar-refractivity contribution in [3.05, 3.63) is 10.6 Å². The highest BCUT2D eigenvalue weighted by Crippen LogP contribution is 2.04. The van der Waals surface area contributed by atoms with Crippen LogP contribution in [0.2, 0.25) is 0 Å². The van der Waals surface area contributed by atoms with Gasteiger partial charge < -0.3 is 10.4 Å². The first-order chi connectivity index (χ1) is 4.09. The van der Waals surface area contributed by atoms with E-state index in [2.05, 4.69) is 17.9 Å². The molecule has 0 rings (SSSR count). The van der Waals surface area contributed by atoms with Crippen molar-refractivity contribution in [3.63, 3.8) is 0 Å². The second-order valence-electron chi connectivity index (χ2n) is 1.53. The van der Waals surface area contributed by atoms with Crippen molar-refractivity contribution in [3.8, 4) is 0 Å². The maximum absolute atomic E-state index is 10.1. The van der Waals surface area contributed by atoms with Crippen LogP contribution in [0.5, 0.6) is 0 Å². The van der Waals surface area contributed by atoms with Gasteiger partial charge in [-0.05, 0) is 6.92 Å². The number of carboxylic acids is 1. The fourth-order valence-corrected chi connectivity index (χ4v) is 0.391. The standard InChI is InChI=1S/C5H9NO2S/c1-3(6-2)4(9)5(7)8/h6,9H,1-2H3,(H,7,8)/b4-3-. The van der Waals surface area contributed by atoms with Gasteiger partial charge in [0.1, 0.15) is 4.91 Å². The van der Waals surface area contributed by atoms with Crippen molar-refractivity contribution in [2.45, 2.75) is 6.92 Å². The molecule has 9 heavy (non-hydrogen) atoms.